The number of rotatable bonds is 9. The number of amides is 2. The lowest BCUT2D eigenvalue weighted by atomic mass is 10.1. The molecule has 0 spiro atoms. The molecule has 1 heterocycles. The molecule has 1 aliphatic rings. The van der Waals surface area contributed by atoms with Crippen molar-refractivity contribution in [3.05, 3.63) is 12.2 Å². The Balaban J connectivity index is 1.72. The van der Waals surface area contributed by atoms with Crippen LogP contribution in [0.15, 0.2) is 6.33 Å². The minimum atomic E-state index is -0.272. The first kappa shape index (κ1) is 20.4. The molecule has 2 rings (SSSR count). The molecule has 1 saturated carbocycles. The van der Waals surface area contributed by atoms with Crippen LogP contribution in [0.3, 0.4) is 0 Å². The summed E-state index contributed by atoms with van der Waals surface area (Å²) in [6.45, 7) is 3.03. The minimum absolute atomic E-state index is 0.0389. The first-order valence-electron chi connectivity index (χ1n) is 9.55. The molecule has 0 unspecified atom stereocenters. The number of carbonyl (C=O) groups is 2. The van der Waals surface area contributed by atoms with Gasteiger partial charge in [-0.15, -0.1) is 10.2 Å². The molecule has 1 fully saturated rings. The van der Waals surface area contributed by atoms with Gasteiger partial charge in [-0.2, -0.15) is 0 Å². The predicted molar refractivity (Wildman–Crippen MR) is 97.3 cm³/mol. The maximum Gasteiger partial charge on any atom is 0.221 e. The molecular formula is C18H31N5O3. The van der Waals surface area contributed by atoms with Crippen LogP contribution in [0.1, 0.15) is 70.2 Å². The fraction of sp³-hybridized carbons (Fsp3) is 0.778. The van der Waals surface area contributed by atoms with Gasteiger partial charge in [0.25, 0.3) is 0 Å². The first-order chi connectivity index (χ1) is 12.6. The van der Waals surface area contributed by atoms with Crippen molar-refractivity contribution in [2.45, 2.75) is 76.9 Å². The monoisotopic (exact) mass is 365 g/mol. The molecule has 146 valence electrons. The first-order valence-corrected chi connectivity index (χ1v) is 9.55. The fourth-order valence-corrected chi connectivity index (χ4v) is 3.29. The van der Waals surface area contributed by atoms with Gasteiger partial charge >= 0.3 is 0 Å². The highest BCUT2D eigenvalue weighted by atomic mass is 16.5. The van der Waals surface area contributed by atoms with Gasteiger partial charge in [-0.25, -0.2) is 0 Å². The fourth-order valence-electron chi connectivity index (χ4n) is 3.29. The van der Waals surface area contributed by atoms with Crippen LogP contribution < -0.4 is 10.6 Å². The lowest BCUT2D eigenvalue weighted by molar-refractivity contribution is -0.127. The quantitative estimate of drug-likeness (QED) is 0.649. The van der Waals surface area contributed by atoms with E-state index in [1.807, 2.05) is 11.5 Å². The molecular weight excluding hydrogens is 334 g/mol. The molecule has 26 heavy (non-hydrogen) atoms. The summed E-state index contributed by atoms with van der Waals surface area (Å²) in [6, 6.07) is -0.00176. The van der Waals surface area contributed by atoms with E-state index < -0.39 is 0 Å². The molecule has 1 atom stereocenters. The second-order valence-electron chi connectivity index (χ2n) is 6.92. The van der Waals surface area contributed by atoms with Crippen LogP contribution in [0, 0.1) is 0 Å². The van der Waals surface area contributed by atoms with Crippen molar-refractivity contribution in [1.29, 1.82) is 0 Å². The standard InChI is InChI=1S/C18H31N5O3/c1-14(18-22-19-13-23(18)11-12-26-2)20-16(24)9-10-17(25)21-15-7-5-3-4-6-8-15/h13-15H,3-12H2,1-2H3,(H,20,24)(H,21,25)/t14-/m0/s1. The van der Waals surface area contributed by atoms with E-state index in [2.05, 4.69) is 20.8 Å². The molecule has 2 N–H and O–H groups in total. The topological polar surface area (TPSA) is 98.1 Å². The molecule has 2 amide bonds. The summed E-state index contributed by atoms with van der Waals surface area (Å²) in [5.41, 5.74) is 0. The van der Waals surface area contributed by atoms with Gasteiger partial charge in [0.2, 0.25) is 11.8 Å². The van der Waals surface area contributed by atoms with E-state index in [-0.39, 0.29) is 36.7 Å². The lowest BCUT2D eigenvalue weighted by Gasteiger charge is -2.17. The van der Waals surface area contributed by atoms with Gasteiger partial charge in [0.05, 0.1) is 12.6 Å². The maximum atomic E-state index is 12.2. The third kappa shape index (κ3) is 6.74. The van der Waals surface area contributed by atoms with Crippen molar-refractivity contribution in [3.8, 4) is 0 Å². The van der Waals surface area contributed by atoms with Crippen LogP contribution in [0.2, 0.25) is 0 Å². The lowest BCUT2D eigenvalue weighted by Crippen LogP contribution is -2.35. The molecule has 0 saturated heterocycles. The van der Waals surface area contributed by atoms with Gasteiger partial charge in [-0.1, -0.05) is 25.7 Å². The van der Waals surface area contributed by atoms with Gasteiger partial charge in [0, 0.05) is 32.5 Å². The highest BCUT2D eigenvalue weighted by molar-refractivity contribution is 5.84. The molecule has 0 aliphatic heterocycles. The van der Waals surface area contributed by atoms with Crippen LogP contribution in [0.25, 0.3) is 0 Å². The zero-order valence-electron chi connectivity index (χ0n) is 15.9. The largest absolute Gasteiger partial charge is 0.383 e. The van der Waals surface area contributed by atoms with Crippen LogP contribution in [-0.2, 0) is 20.9 Å². The summed E-state index contributed by atoms with van der Waals surface area (Å²) in [7, 11) is 1.63. The SMILES string of the molecule is COCCn1cnnc1[C@H](C)NC(=O)CCC(=O)NC1CCCCCC1. The summed E-state index contributed by atoms with van der Waals surface area (Å²) < 4.78 is 6.91. The Hall–Kier alpha value is -1.96. The number of ether oxygens (including phenoxy) is 1. The van der Waals surface area contributed by atoms with Crippen molar-refractivity contribution in [2.24, 2.45) is 0 Å². The van der Waals surface area contributed by atoms with Gasteiger partial charge in [-0.3, -0.25) is 9.59 Å². The number of aromatic nitrogens is 3. The second kappa shape index (κ2) is 10.9. The molecule has 8 heteroatoms. The van der Waals surface area contributed by atoms with Crippen LogP contribution in [0.4, 0.5) is 0 Å². The van der Waals surface area contributed by atoms with Crippen LogP contribution in [-0.4, -0.2) is 46.3 Å². The van der Waals surface area contributed by atoms with Crippen molar-refractivity contribution in [1.82, 2.24) is 25.4 Å². The molecule has 0 aromatic carbocycles. The van der Waals surface area contributed by atoms with Gasteiger partial charge < -0.3 is 19.9 Å². The van der Waals surface area contributed by atoms with E-state index in [0.717, 1.165) is 12.8 Å². The van der Waals surface area contributed by atoms with Gasteiger partial charge in [0.15, 0.2) is 5.82 Å². The van der Waals surface area contributed by atoms with E-state index in [1.54, 1.807) is 13.4 Å². The Morgan fingerprint density at radius 2 is 1.92 bits per heavy atom. The zero-order chi connectivity index (χ0) is 18.8. The Labute approximate surface area is 155 Å². The highest BCUT2D eigenvalue weighted by Crippen LogP contribution is 2.17. The predicted octanol–water partition coefficient (Wildman–Crippen LogP) is 1.72. The Morgan fingerprint density at radius 3 is 2.62 bits per heavy atom. The number of carbonyl (C=O) groups excluding carboxylic acids is 2. The van der Waals surface area contributed by atoms with E-state index in [1.165, 1.54) is 25.7 Å². The Morgan fingerprint density at radius 1 is 1.23 bits per heavy atom. The van der Waals surface area contributed by atoms with Gasteiger partial charge in [-0.05, 0) is 19.8 Å². The summed E-state index contributed by atoms with van der Waals surface area (Å²) in [6.07, 6.45) is 8.96. The number of hydrogen-bond acceptors (Lipinski definition) is 5. The summed E-state index contributed by atoms with van der Waals surface area (Å²) >= 11 is 0. The summed E-state index contributed by atoms with van der Waals surface area (Å²) in [5.74, 6) is 0.482. The molecule has 0 radical (unpaired) electrons. The van der Waals surface area contributed by atoms with E-state index in [0.29, 0.717) is 19.0 Å². The van der Waals surface area contributed by atoms with Crippen molar-refractivity contribution in [2.75, 3.05) is 13.7 Å². The normalized spacial score (nSPS) is 16.7. The summed E-state index contributed by atoms with van der Waals surface area (Å²) in [4.78, 5) is 24.2. The summed E-state index contributed by atoms with van der Waals surface area (Å²) in [5, 5.41) is 13.9. The van der Waals surface area contributed by atoms with E-state index in [9.17, 15) is 9.59 Å². The number of nitrogens with zero attached hydrogens (tertiary/aromatic N) is 3. The Bertz CT molecular complexity index is 567. The molecule has 1 aromatic rings. The van der Waals surface area contributed by atoms with E-state index >= 15 is 0 Å². The average molecular weight is 365 g/mol. The minimum Gasteiger partial charge on any atom is -0.383 e. The van der Waals surface area contributed by atoms with Crippen LogP contribution >= 0.6 is 0 Å². The number of hydrogen-bond donors (Lipinski definition) is 2. The Kier molecular flexibility index (Phi) is 8.53. The van der Waals surface area contributed by atoms with Crippen LogP contribution in [0.5, 0.6) is 0 Å². The van der Waals surface area contributed by atoms with E-state index in [4.69, 9.17) is 4.74 Å². The second-order valence-corrected chi connectivity index (χ2v) is 6.92. The molecule has 8 nitrogen and oxygen atoms in total. The third-order valence-electron chi connectivity index (χ3n) is 4.75. The van der Waals surface area contributed by atoms with Crippen molar-refractivity contribution in [3.63, 3.8) is 0 Å². The highest BCUT2D eigenvalue weighted by Gasteiger charge is 2.18. The molecule has 0 bridgehead atoms. The van der Waals surface area contributed by atoms with Gasteiger partial charge in [0.1, 0.15) is 6.33 Å². The maximum absolute atomic E-state index is 12.2. The average Bonchev–Trinajstić information content (AvgIpc) is 2.95. The third-order valence-corrected chi connectivity index (χ3v) is 4.75. The molecule has 1 aliphatic carbocycles. The smallest absolute Gasteiger partial charge is 0.221 e. The zero-order valence-corrected chi connectivity index (χ0v) is 15.9. The number of nitrogens with one attached hydrogen (secondary N) is 2. The molecule has 1 aromatic heterocycles. The van der Waals surface area contributed by atoms with Crippen molar-refractivity contribution < 1.29 is 14.3 Å². The number of methoxy groups -OCH3 is 1. The van der Waals surface area contributed by atoms with Crippen molar-refractivity contribution >= 4 is 11.8 Å².